The molecule has 96 valence electrons. The highest BCUT2D eigenvalue weighted by Crippen LogP contribution is 2.31. The number of hydrazone groups is 1. The SMILES string of the molecule is COc1c(Br)cc(Br)cc1/C=N\NC(=O)C(N)=O. The van der Waals surface area contributed by atoms with Crippen LogP contribution in [0.3, 0.4) is 0 Å². The molecule has 1 aromatic rings. The number of hydrogen-bond donors (Lipinski definition) is 2. The molecule has 0 aliphatic heterocycles. The van der Waals surface area contributed by atoms with Crippen molar-refractivity contribution in [3.8, 4) is 5.75 Å². The first-order chi connectivity index (χ1) is 8.45. The van der Waals surface area contributed by atoms with Crippen LogP contribution in [-0.2, 0) is 9.59 Å². The molecule has 18 heavy (non-hydrogen) atoms. The van der Waals surface area contributed by atoms with E-state index in [9.17, 15) is 9.59 Å². The van der Waals surface area contributed by atoms with Crippen molar-refractivity contribution in [2.75, 3.05) is 7.11 Å². The molecule has 0 unspecified atom stereocenters. The van der Waals surface area contributed by atoms with Gasteiger partial charge in [-0.25, -0.2) is 5.43 Å². The van der Waals surface area contributed by atoms with E-state index in [1.807, 2.05) is 5.43 Å². The van der Waals surface area contributed by atoms with Crippen molar-refractivity contribution in [3.05, 3.63) is 26.6 Å². The van der Waals surface area contributed by atoms with E-state index in [4.69, 9.17) is 10.5 Å². The van der Waals surface area contributed by atoms with Gasteiger partial charge < -0.3 is 10.5 Å². The lowest BCUT2D eigenvalue weighted by Crippen LogP contribution is -2.32. The Hall–Kier alpha value is -1.41. The standard InChI is InChI=1S/C10H9Br2N3O3/c1-18-8-5(2-6(11)3-7(8)12)4-14-15-10(17)9(13)16/h2-4H,1H3,(H2,13,16)(H,15,17)/b14-4-. The number of carbonyl (C=O) groups is 2. The number of methoxy groups -OCH3 is 1. The van der Waals surface area contributed by atoms with E-state index in [2.05, 4.69) is 37.0 Å². The van der Waals surface area contributed by atoms with Crippen molar-refractivity contribution in [2.45, 2.75) is 0 Å². The first kappa shape index (κ1) is 14.7. The van der Waals surface area contributed by atoms with Crippen LogP contribution in [0.4, 0.5) is 0 Å². The van der Waals surface area contributed by atoms with Gasteiger partial charge in [0.25, 0.3) is 0 Å². The number of primary amides is 1. The normalized spacial score (nSPS) is 10.4. The third-order valence-electron chi connectivity index (χ3n) is 1.83. The largest absolute Gasteiger partial charge is 0.495 e. The molecular weight excluding hydrogens is 370 g/mol. The van der Waals surface area contributed by atoms with Crippen LogP contribution in [0.5, 0.6) is 5.75 Å². The molecule has 3 N–H and O–H groups in total. The van der Waals surface area contributed by atoms with Gasteiger partial charge in [0.15, 0.2) is 0 Å². The summed E-state index contributed by atoms with van der Waals surface area (Å²) in [6.45, 7) is 0. The highest BCUT2D eigenvalue weighted by atomic mass is 79.9. The summed E-state index contributed by atoms with van der Waals surface area (Å²) in [6.07, 6.45) is 1.34. The molecule has 2 amide bonds. The summed E-state index contributed by atoms with van der Waals surface area (Å²) in [6, 6.07) is 3.54. The summed E-state index contributed by atoms with van der Waals surface area (Å²) in [5.74, 6) is -1.54. The van der Waals surface area contributed by atoms with Crippen molar-refractivity contribution in [1.82, 2.24) is 5.43 Å². The van der Waals surface area contributed by atoms with E-state index in [-0.39, 0.29) is 0 Å². The molecule has 6 nitrogen and oxygen atoms in total. The van der Waals surface area contributed by atoms with Gasteiger partial charge >= 0.3 is 11.8 Å². The number of amides is 2. The van der Waals surface area contributed by atoms with Gasteiger partial charge in [-0.3, -0.25) is 9.59 Å². The Bertz CT molecular complexity index is 517. The van der Waals surface area contributed by atoms with E-state index in [0.717, 1.165) is 8.95 Å². The molecule has 1 aromatic carbocycles. The summed E-state index contributed by atoms with van der Waals surface area (Å²) < 4.78 is 6.70. The number of nitrogens with two attached hydrogens (primary N) is 1. The fourth-order valence-electron chi connectivity index (χ4n) is 1.11. The molecule has 0 heterocycles. The molecular formula is C10H9Br2N3O3. The predicted octanol–water partition coefficient (Wildman–Crippen LogP) is 1.16. The number of halogens is 2. The predicted molar refractivity (Wildman–Crippen MR) is 73.3 cm³/mol. The zero-order valence-corrected chi connectivity index (χ0v) is 12.4. The van der Waals surface area contributed by atoms with Crippen molar-refractivity contribution < 1.29 is 14.3 Å². The number of nitrogens with one attached hydrogen (secondary N) is 1. The smallest absolute Gasteiger partial charge is 0.329 e. The monoisotopic (exact) mass is 377 g/mol. The Labute approximate surface area is 120 Å². The van der Waals surface area contributed by atoms with Crippen molar-refractivity contribution in [3.63, 3.8) is 0 Å². The molecule has 8 heteroatoms. The van der Waals surface area contributed by atoms with Crippen LogP contribution in [0.25, 0.3) is 0 Å². The van der Waals surface area contributed by atoms with Crippen LogP contribution in [-0.4, -0.2) is 25.1 Å². The maximum Gasteiger partial charge on any atom is 0.329 e. The fraction of sp³-hybridized carbons (Fsp3) is 0.100. The van der Waals surface area contributed by atoms with Crippen molar-refractivity contribution in [2.24, 2.45) is 10.8 Å². The molecule has 1 rings (SSSR count). The average molecular weight is 379 g/mol. The van der Waals surface area contributed by atoms with Gasteiger partial charge in [0.2, 0.25) is 0 Å². The minimum Gasteiger partial charge on any atom is -0.495 e. The Morgan fingerprint density at radius 3 is 2.67 bits per heavy atom. The van der Waals surface area contributed by atoms with Crippen LogP contribution >= 0.6 is 31.9 Å². The summed E-state index contributed by atoms with van der Waals surface area (Å²) in [5, 5.41) is 3.61. The first-order valence-electron chi connectivity index (χ1n) is 4.61. The molecule has 0 saturated carbocycles. The van der Waals surface area contributed by atoms with Crippen molar-refractivity contribution in [1.29, 1.82) is 0 Å². The van der Waals surface area contributed by atoms with E-state index >= 15 is 0 Å². The number of rotatable bonds is 3. The molecule has 0 aliphatic rings. The highest BCUT2D eigenvalue weighted by Gasteiger charge is 2.09. The second kappa shape index (κ2) is 6.50. The molecule has 0 aliphatic carbocycles. The molecule has 0 atom stereocenters. The van der Waals surface area contributed by atoms with Crippen LogP contribution in [0.15, 0.2) is 26.2 Å². The van der Waals surface area contributed by atoms with Gasteiger partial charge in [0.1, 0.15) is 5.75 Å². The number of nitrogens with zero attached hydrogens (tertiary/aromatic N) is 1. The van der Waals surface area contributed by atoms with Crippen molar-refractivity contribution >= 4 is 49.9 Å². The number of carbonyl (C=O) groups excluding carboxylic acids is 2. The molecule has 0 spiro atoms. The van der Waals surface area contributed by atoms with Crippen LogP contribution in [0, 0.1) is 0 Å². The second-order valence-electron chi connectivity index (χ2n) is 3.07. The van der Waals surface area contributed by atoms with Gasteiger partial charge in [-0.1, -0.05) is 15.9 Å². The maximum absolute atomic E-state index is 10.9. The van der Waals surface area contributed by atoms with Crippen LogP contribution < -0.4 is 15.9 Å². The van der Waals surface area contributed by atoms with E-state index in [1.54, 1.807) is 12.1 Å². The van der Waals surface area contributed by atoms with Gasteiger partial charge in [0, 0.05) is 10.0 Å². The highest BCUT2D eigenvalue weighted by molar-refractivity contribution is 9.11. The zero-order chi connectivity index (χ0) is 13.7. The number of ether oxygens (including phenoxy) is 1. The second-order valence-corrected chi connectivity index (χ2v) is 4.84. The Kier molecular flexibility index (Phi) is 5.29. The minimum absolute atomic E-state index is 0.551. The Balaban J connectivity index is 2.93. The maximum atomic E-state index is 10.9. The van der Waals surface area contributed by atoms with E-state index in [0.29, 0.717) is 11.3 Å². The summed E-state index contributed by atoms with van der Waals surface area (Å²) in [4.78, 5) is 21.3. The summed E-state index contributed by atoms with van der Waals surface area (Å²) in [7, 11) is 1.51. The van der Waals surface area contributed by atoms with E-state index in [1.165, 1.54) is 13.3 Å². The van der Waals surface area contributed by atoms with Crippen LogP contribution in [0.1, 0.15) is 5.56 Å². The van der Waals surface area contributed by atoms with Gasteiger partial charge in [-0.05, 0) is 28.1 Å². The molecule has 0 radical (unpaired) electrons. The lowest BCUT2D eigenvalue weighted by Gasteiger charge is -2.07. The van der Waals surface area contributed by atoms with Gasteiger partial charge in [-0.2, -0.15) is 5.10 Å². The zero-order valence-electron chi connectivity index (χ0n) is 9.24. The number of hydrogen-bond acceptors (Lipinski definition) is 4. The Morgan fingerprint density at radius 1 is 1.44 bits per heavy atom. The summed E-state index contributed by atoms with van der Waals surface area (Å²) in [5.41, 5.74) is 7.36. The summed E-state index contributed by atoms with van der Waals surface area (Å²) >= 11 is 6.64. The lowest BCUT2D eigenvalue weighted by atomic mass is 10.2. The number of benzene rings is 1. The molecule has 0 fully saturated rings. The molecule has 0 saturated heterocycles. The molecule has 0 bridgehead atoms. The Morgan fingerprint density at radius 2 is 2.11 bits per heavy atom. The first-order valence-corrected chi connectivity index (χ1v) is 6.20. The molecule has 0 aromatic heterocycles. The third kappa shape index (κ3) is 3.81. The van der Waals surface area contributed by atoms with E-state index < -0.39 is 11.8 Å². The quantitative estimate of drug-likeness (QED) is 0.469. The lowest BCUT2D eigenvalue weighted by molar-refractivity contribution is -0.137. The average Bonchev–Trinajstić information content (AvgIpc) is 2.28. The topological polar surface area (TPSA) is 93.8 Å². The minimum atomic E-state index is -1.10. The fourth-order valence-corrected chi connectivity index (χ4v) is 2.53. The van der Waals surface area contributed by atoms with Gasteiger partial charge in [-0.15, -0.1) is 0 Å². The van der Waals surface area contributed by atoms with Crippen LogP contribution in [0.2, 0.25) is 0 Å². The third-order valence-corrected chi connectivity index (χ3v) is 2.88. The van der Waals surface area contributed by atoms with Gasteiger partial charge in [0.05, 0.1) is 17.8 Å².